The average Bonchev–Trinajstić information content (AvgIpc) is 3.14. The fourth-order valence-electron chi connectivity index (χ4n) is 2.50. The van der Waals surface area contributed by atoms with Crippen molar-refractivity contribution in [3.05, 3.63) is 47.0 Å². The van der Waals surface area contributed by atoms with Crippen molar-refractivity contribution in [2.45, 2.75) is 33.0 Å². The number of aliphatic imine (C=N–C) groups is 1. The van der Waals surface area contributed by atoms with E-state index in [4.69, 9.17) is 0 Å². The summed E-state index contributed by atoms with van der Waals surface area (Å²) in [5, 5.41) is 9.84. The Bertz CT molecular complexity index is 698. The van der Waals surface area contributed by atoms with Gasteiger partial charge in [-0.25, -0.2) is 9.98 Å². The lowest BCUT2D eigenvalue weighted by atomic mass is 10.2. The number of thiazole rings is 1. The smallest absolute Gasteiger partial charge is 0.191 e. The van der Waals surface area contributed by atoms with E-state index in [1.54, 1.807) is 11.3 Å². The van der Waals surface area contributed by atoms with Gasteiger partial charge in [0.2, 0.25) is 0 Å². The molecule has 27 heavy (non-hydrogen) atoms. The van der Waals surface area contributed by atoms with E-state index >= 15 is 0 Å². The van der Waals surface area contributed by atoms with Crippen molar-refractivity contribution in [3.63, 3.8) is 0 Å². The predicted octanol–water partition coefficient (Wildman–Crippen LogP) is 2.78. The first-order valence-electron chi connectivity index (χ1n) is 9.37. The highest BCUT2D eigenvalue weighted by Crippen LogP contribution is 2.18. The van der Waals surface area contributed by atoms with Gasteiger partial charge in [0.25, 0.3) is 0 Å². The number of hydrogen-bond acceptors (Lipinski definition) is 5. The van der Waals surface area contributed by atoms with Crippen LogP contribution in [0.2, 0.25) is 0 Å². The van der Waals surface area contributed by atoms with Crippen LogP contribution in [0.4, 0.5) is 5.13 Å². The summed E-state index contributed by atoms with van der Waals surface area (Å²) in [5.74, 6) is 0.830. The molecule has 0 saturated heterocycles. The molecular weight excluding hydrogens is 356 g/mol. The van der Waals surface area contributed by atoms with Crippen LogP contribution in [-0.2, 0) is 13.1 Å². The van der Waals surface area contributed by atoms with Crippen LogP contribution in [0.3, 0.4) is 0 Å². The highest BCUT2D eigenvalue weighted by Gasteiger charge is 2.10. The molecule has 2 rings (SSSR count). The van der Waals surface area contributed by atoms with Crippen molar-refractivity contribution >= 4 is 22.4 Å². The Morgan fingerprint density at radius 1 is 1.19 bits per heavy atom. The zero-order chi connectivity index (χ0) is 19.6. The van der Waals surface area contributed by atoms with Crippen molar-refractivity contribution in [1.29, 1.82) is 0 Å². The summed E-state index contributed by atoms with van der Waals surface area (Å²) in [6, 6.07) is 10.9. The molecule has 2 N–H and O–H groups in total. The number of anilines is 1. The van der Waals surface area contributed by atoms with E-state index in [-0.39, 0.29) is 0 Å². The van der Waals surface area contributed by atoms with Gasteiger partial charge in [-0.05, 0) is 26.5 Å². The fourth-order valence-corrected chi connectivity index (χ4v) is 3.25. The lowest BCUT2D eigenvalue weighted by molar-refractivity contribution is 0.249. The highest BCUT2D eigenvalue weighted by atomic mass is 32.1. The van der Waals surface area contributed by atoms with E-state index in [9.17, 15) is 0 Å². The van der Waals surface area contributed by atoms with E-state index in [0.717, 1.165) is 36.4 Å². The van der Waals surface area contributed by atoms with E-state index < -0.39 is 0 Å². The third-order valence-corrected chi connectivity index (χ3v) is 5.31. The van der Waals surface area contributed by atoms with Crippen LogP contribution >= 0.6 is 11.3 Å². The Hall–Kier alpha value is -2.12. The van der Waals surface area contributed by atoms with Gasteiger partial charge in [-0.15, -0.1) is 11.3 Å². The van der Waals surface area contributed by atoms with Crippen molar-refractivity contribution in [2.24, 2.45) is 4.99 Å². The number of benzene rings is 1. The van der Waals surface area contributed by atoms with Crippen molar-refractivity contribution in [1.82, 2.24) is 20.5 Å². The van der Waals surface area contributed by atoms with Crippen LogP contribution in [0.1, 0.15) is 25.1 Å². The molecule has 1 unspecified atom stereocenters. The van der Waals surface area contributed by atoms with E-state index in [2.05, 4.69) is 82.1 Å². The molecule has 0 saturated carbocycles. The minimum atomic E-state index is 0.383. The summed E-state index contributed by atoms with van der Waals surface area (Å²) in [7, 11) is 6.16. The maximum absolute atomic E-state index is 4.67. The lowest BCUT2D eigenvalue weighted by Gasteiger charge is -2.25. The van der Waals surface area contributed by atoms with E-state index in [1.807, 2.05) is 19.0 Å². The topological polar surface area (TPSA) is 55.8 Å². The van der Waals surface area contributed by atoms with Crippen LogP contribution in [0, 0.1) is 0 Å². The SMILES string of the molecule is CCNC(=NCc1csc(N(C)C)n1)NCC(C)N(C)Cc1ccccc1. The zero-order valence-corrected chi connectivity index (χ0v) is 17.9. The summed E-state index contributed by atoms with van der Waals surface area (Å²) in [4.78, 5) is 13.6. The normalized spacial score (nSPS) is 12.9. The second-order valence-corrected chi connectivity index (χ2v) is 7.68. The summed E-state index contributed by atoms with van der Waals surface area (Å²) in [6.45, 7) is 7.48. The Morgan fingerprint density at radius 3 is 2.56 bits per heavy atom. The molecule has 1 aromatic carbocycles. The van der Waals surface area contributed by atoms with Gasteiger partial charge in [-0.3, -0.25) is 4.90 Å². The molecule has 0 aliphatic heterocycles. The Labute approximate surface area is 167 Å². The quantitative estimate of drug-likeness (QED) is 0.511. The molecule has 0 spiro atoms. The molecule has 1 atom stereocenters. The third kappa shape index (κ3) is 7.19. The Morgan fingerprint density at radius 2 is 1.93 bits per heavy atom. The van der Waals surface area contributed by atoms with Gasteiger partial charge in [-0.2, -0.15) is 0 Å². The monoisotopic (exact) mass is 388 g/mol. The van der Waals surface area contributed by atoms with Crippen LogP contribution in [0.5, 0.6) is 0 Å². The summed E-state index contributed by atoms with van der Waals surface area (Å²) in [6.07, 6.45) is 0. The van der Waals surface area contributed by atoms with Crippen LogP contribution < -0.4 is 15.5 Å². The number of nitrogens with zero attached hydrogens (tertiary/aromatic N) is 4. The number of rotatable bonds is 9. The van der Waals surface area contributed by atoms with Crippen LogP contribution in [0.15, 0.2) is 40.7 Å². The van der Waals surface area contributed by atoms with Crippen LogP contribution in [0.25, 0.3) is 0 Å². The maximum Gasteiger partial charge on any atom is 0.191 e. The number of likely N-dealkylation sites (N-methyl/N-ethyl adjacent to an activating group) is 1. The van der Waals surface area contributed by atoms with Gasteiger partial charge < -0.3 is 15.5 Å². The Balaban J connectivity index is 1.86. The minimum Gasteiger partial charge on any atom is -0.357 e. The number of guanidine groups is 1. The molecule has 1 aromatic heterocycles. The van der Waals surface area contributed by atoms with Gasteiger partial charge in [0, 0.05) is 45.2 Å². The molecule has 2 aromatic rings. The van der Waals surface area contributed by atoms with Gasteiger partial charge in [0.05, 0.1) is 12.2 Å². The molecule has 0 bridgehead atoms. The van der Waals surface area contributed by atoms with Gasteiger partial charge in [-0.1, -0.05) is 30.3 Å². The van der Waals surface area contributed by atoms with E-state index in [1.165, 1.54) is 5.56 Å². The van der Waals surface area contributed by atoms with Crippen molar-refractivity contribution < 1.29 is 0 Å². The van der Waals surface area contributed by atoms with Crippen LogP contribution in [-0.4, -0.2) is 56.1 Å². The predicted molar refractivity (Wildman–Crippen MR) is 117 cm³/mol. The van der Waals surface area contributed by atoms with Gasteiger partial charge in [0.1, 0.15) is 0 Å². The molecule has 6 nitrogen and oxygen atoms in total. The molecule has 0 aliphatic rings. The van der Waals surface area contributed by atoms with Gasteiger partial charge in [0.15, 0.2) is 11.1 Å². The third-order valence-electron chi connectivity index (χ3n) is 4.26. The zero-order valence-electron chi connectivity index (χ0n) is 17.1. The average molecular weight is 389 g/mol. The molecule has 148 valence electrons. The standard InChI is InChI=1S/C20H32N6S/c1-6-21-19(23-13-18-15-27-20(24-18)25(3)4)22-12-16(2)26(5)14-17-10-8-7-9-11-17/h7-11,15-16H,6,12-14H2,1-5H3,(H2,21,22,23). The first-order valence-corrected chi connectivity index (χ1v) is 10.3. The first-order chi connectivity index (χ1) is 13.0. The molecular formula is C20H32N6S. The van der Waals surface area contributed by atoms with Gasteiger partial charge >= 0.3 is 0 Å². The fraction of sp³-hybridized carbons (Fsp3) is 0.500. The maximum atomic E-state index is 4.67. The largest absolute Gasteiger partial charge is 0.357 e. The molecule has 7 heteroatoms. The molecule has 0 fully saturated rings. The lowest BCUT2D eigenvalue weighted by Crippen LogP contribution is -2.44. The number of nitrogens with one attached hydrogen (secondary N) is 2. The van der Waals surface area contributed by atoms with E-state index in [0.29, 0.717) is 12.6 Å². The number of aromatic nitrogens is 1. The minimum absolute atomic E-state index is 0.383. The molecule has 0 aliphatic carbocycles. The first kappa shape index (κ1) is 21.2. The molecule has 0 amide bonds. The summed E-state index contributed by atoms with van der Waals surface area (Å²) < 4.78 is 0. The Kier molecular flexibility index (Phi) is 8.54. The second kappa shape index (κ2) is 10.9. The molecule has 0 radical (unpaired) electrons. The summed E-state index contributed by atoms with van der Waals surface area (Å²) >= 11 is 1.64. The second-order valence-electron chi connectivity index (χ2n) is 6.84. The molecule has 1 heterocycles. The highest BCUT2D eigenvalue weighted by molar-refractivity contribution is 7.13. The summed E-state index contributed by atoms with van der Waals surface area (Å²) in [5.41, 5.74) is 2.32. The van der Waals surface area contributed by atoms with Crippen molar-refractivity contribution in [3.8, 4) is 0 Å². The number of hydrogen-bond donors (Lipinski definition) is 2. The van der Waals surface area contributed by atoms with Crippen molar-refractivity contribution in [2.75, 3.05) is 39.1 Å².